The molecule has 3 aromatic rings. The van der Waals surface area contributed by atoms with Crippen LogP contribution < -0.4 is 16.4 Å². The Hall–Kier alpha value is -4.17. The van der Waals surface area contributed by atoms with Gasteiger partial charge in [-0.2, -0.15) is 0 Å². The summed E-state index contributed by atoms with van der Waals surface area (Å²) in [5.74, 6) is -1.71. The first-order valence-electron chi connectivity index (χ1n) is 10.7. The van der Waals surface area contributed by atoms with Crippen LogP contribution in [0.15, 0.2) is 66.7 Å². The largest absolute Gasteiger partial charge is 0.481 e. The Morgan fingerprint density at radius 2 is 1.46 bits per heavy atom. The first-order valence-corrected chi connectivity index (χ1v) is 10.7. The smallest absolute Gasteiger partial charge is 0.307 e. The summed E-state index contributed by atoms with van der Waals surface area (Å²) in [6, 6.07) is 18.1. The first kappa shape index (κ1) is 27.1. The molecule has 8 nitrogen and oxygen atoms in total. The lowest BCUT2D eigenvalue weighted by atomic mass is 10.0. The molecule has 0 saturated heterocycles. The molecule has 6 N–H and O–H groups in total. The molecule has 2 amide bonds. The average Bonchev–Trinajstić information content (AvgIpc) is 2.80. The van der Waals surface area contributed by atoms with Crippen LogP contribution in [0.25, 0.3) is 0 Å². The van der Waals surface area contributed by atoms with Gasteiger partial charge in [-0.05, 0) is 53.4 Å². The van der Waals surface area contributed by atoms with Gasteiger partial charge >= 0.3 is 5.97 Å². The molecule has 0 bridgehead atoms. The number of carboxylic acid groups (broad SMARTS) is 1. The molecule has 0 aliphatic carbocycles. The topological polar surface area (TPSA) is 145 Å². The van der Waals surface area contributed by atoms with Crippen LogP contribution in [0, 0.1) is 5.41 Å². The highest BCUT2D eigenvalue weighted by Gasteiger charge is 2.15. The highest BCUT2D eigenvalue weighted by Crippen LogP contribution is 2.26. The minimum atomic E-state index is -1.01. The number of nitrogens with one attached hydrogen (secondary N) is 3. The maximum absolute atomic E-state index is 12.9. The van der Waals surface area contributed by atoms with Gasteiger partial charge in [-0.25, -0.2) is 0 Å². The number of carboxylic acids is 1. The van der Waals surface area contributed by atoms with Gasteiger partial charge in [0, 0.05) is 16.7 Å². The van der Waals surface area contributed by atoms with Crippen LogP contribution in [-0.4, -0.2) is 28.7 Å². The van der Waals surface area contributed by atoms with E-state index in [-0.39, 0.29) is 35.9 Å². The number of carbonyl (C=O) groups excluding carboxylic acids is 2. The zero-order chi connectivity index (χ0) is 24.8. The van der Waals surface area contributed by atoms with Crippen molar-refractivity contribution in [1.82, 2.24) is 0 Å². The predicted molar refractivity (Wildman–Crippen MR) is 139 cm³/mol. The number of rotatable bonds is 8. The van der Waals surface area contributed by atoms with E-state index < -0.39 is 17.8 Å². The van der Waals surface area contributed by atoms with Gasteiger partial charge in [-0.1, -0.05) is 44.2 Å². The summed E-state index contributed by atoms with van der Waals surface area (Å²) in [4.78, 5) is 36.9. The highest BCUT2D eigenvalue weighted by molar-refractivity contribution is 6.10. The number of hydrogen-bond donors (Lipinski definition) is 5. The minimum absolute atomic E-state index is 0. The third kappa shape index (κ3) is 7.15. The average molecular weight is 495 g/mol. The number of benzene rings is 3. The molecule has 0 heterocycles. The van der Waals surface area contributed by atoms with Crippen LogP contribution in [0.1, 0.15) is 57.2 Å². The van der Waals surface area contributed by atoms with Crippen LogP contribution in [0.5, 0.6) is 0 Å². The molecule has 9 heteroatoms. The number of carbonyl (C=O) groups is 3. The lowest BCUT2D eigenvalue weighted by Crippen LogP contribution is -2.18. The fourth-order valence-corrected chi connectivity index (χ4v) is 3.32. The Morgan fingerprint density at radius 3 is 2.06 bits per heavy atom. The third-order valence-electron chi connectivity index (χ3n) is 5.21. The molecule has 0 aliphatic rings. The van der Waals surface area contributed by atoms with Crippen molar-refractivity contribution in [3.05, 3.63) is 94.5 Å². The number of halogens is 1. The minimum Gasteiger partial charge on any atom is -0.481 e. The van der Waals surface area contributed by atoms with Crippen molar-refractivity contribution in [3.8, 4) is 0 Å². The Bertz CT molecular complexity index is 1260. The zero-order valence-electron chi connectivity index (χ0n) is 19.3. The Balaban J connectivity index is 0.00000432. The fourth-order valence-electron chi connectivity index (χ4n) is 3.32. The zero-order valence-corrected chi connectivity index (χ0v) is 20.1. The summed E-state index contributed by atoms with van der Waals surface area (Å²) in [7, 11) is 0. The van der Waals surface area contributed by atoms with Crippen molar-refractivity contribution >= 4 is 47.4 Å². The summed E-state index contributed by atoms with van der Waals surface area (Å²) < 4.78 is 0. The Labute approximate surface area is 209 Å². The van der Waals surface area contributed by atoms with Gasteiger partial charge in [-0.15, -0.1) is 12.4 Å². The molecular formula is C26H27ClN4O4. The van der Waals surface area contributed by atoms with E-state index in [0.717, 1.165) is 5.56 Å². The van der Waals surface area contributed by atoms with Gasteiger partial charge in [0.1, 0.15) is 5.84 Å². The van der Waals surface area contributed by atoms with Crippen molar-refractivity contribution in [1.29, 1.82) is 5.41 Å². The second-order valence-electron chi connectivity index (χ2n) is 8.13. The van der Waals surface area contributed by atoms with E-state index in [1.165, 1.54) is 12.1 Å². The summed E-state index contributed by atoms with van der Waals surface area (Å²) in [6.07, 6.45) is -0.235. The van der Waals surface area contributed by atoms with Crippen molar-refractivity contribution in [2.45, 2.75) is 26.2 Å². The number of anilines is 2. The maximum Gasteiger partial charge on any atom is 0.307 e. The summed E-state index contributed by atoms with van der Waals surface area (Å²) in [6.45, 7) is 4.12. The van der Waals surface area contributed by atoms with Crippen LogP contribution in [0.4, 0.5) is 11.4 Å². The molecule has 3 aromatic carbocycles. The number of hydrogen-bond acceptors (Lipinski definition) is 4. The van der Waals surface area contributed by atoms with Gasteiger partial charge < -0.3 is 21.5 Å². The van der Waals surface area contributed by atoms with Crippen molar-refractivity contribution in [2.75, 3.05) is 10.6 Å². The molecular weight excluding hydrogens is 468 g/mol. The number of amides is 2. The van der Waals surface area contributed by atoms with Crippen LogP contribution >= 0.6 is 12.4 Å². The molecule has 0 saturated carbocycles. The third-order valence-corrected chi connectivity index (χ3v) is 5.21. The monoisotopic (exact) mass is 494 g/mol. The molecule has 0 spiro atoms. The van der Waals surface area contributed by atoms with E-state index in [2.05, 4.69) is 24.5 Å². The van der Waals surface area contributed by atoms with Gasteiger partial charge in [-0.3, -0.25) is 19.8 Å². The second-order valence-corrected chi connectivity index (χ2v) is 8.13. The molecule has 0 atom stereocenters. The van der Waals surface area contributed by atoms with E-state index >= 15 is 0 Å². The lowest BCUT2D eigenvalue weighted by Gasteiger charge is -2.15. The van der Waals surface area contributed by atoms with Gasteiger partial charge in [0.05, 0.1) is 17.8 Å². The van der Waals surface area contributed by atoms with Gasteiger partial charge in [0.15, 0.2) is 0 Å². The molecule has 0 aromatic heterocycles. The summed E-state index contributed by atoms with van der Waals surface area (Å²) in [5.41, 5.74) is 8.77. The highest BCUT2D eigenvalue weighted by atomic mass is 35.5. The number of nitrogen functional groups attached to an aromatic ring is 1. The van der Waals surface area contributed by atoms with Crippen LogP contribution in [-0.2, 0) is 11.2 Å². The summed E-state index contributed by atoms with van der Waals surface area (Å²) >= 11 is 0. The van der Waals surface area contributed by atoms with E-state index in [4.69, 9.17) is 16.2 Å². The normalized spacial score (nSPS) is 10.3. The molecule has 0 unspecified atom stereocenters. The number of aliphatic carboxylic acids is 1. The van der Waals surface area contributed by atoms with E-state index in [1.807, 2.05) is 12.1 Å². The van der Waals surface area contributed by atoms with Crippen LogP contribution in [0.2, 0.25) is 0 Å². The van der Waals surface area contributed by atoms with Gasteiger partial charge in [0.2, 0.25) is 0 Å². The predicted octanol–water partition coefficient (Wildman–Crippen LogP) is 4.65. The van der Waals surface area contributed by atoms with Crippen molar-refractivity contribution < 1.29 is 19.5 Å². The van der Waals surface area contributed by atoms with E-state index in [0.29, 0.717) is 28.3 Å². The fraction of sp³-hybridized carbons (Fsp3) is 0.154. The molecule has 35 heavy (non-hydrogen) atoms. The standard InChI is InChI=1S/C26H26N4O4.ClH/c1-15(2)17-7-9-18(10-8-17)25(33)30-22-12-16(13-23(31)32)6-11-21(22)29-26(34)20-5-3-4-19(14-20)24(27)28;/h3-12,14-15H,13H2,1-2H3,(H3,27,28)(H,29,34)(H,30,33)(H,31,32);1H. The number of nitrogens with two attached hydrogens (primary N) is 1. The SMILES string of the molecule is CC(C)c1ccc(C(=O)Nc2cc(CC(=O)O)ccc2NC(=O)c2cccc(C(=N)N)c2)cc1.Cl. The molecule has 0 fully saturated rings. The van der Waals surface area contributed by atoms with Crippen LogP contribution in [0.3, 0.4) is 0 Å². The second kappa shape index (κ2) is 11.8. The Morgan fingerprint density at radius 1 is 0.857 bits per heavy atom. The lowest BCUT2D eigenvalue weighted by molar-refractivity contribution is -0.136. The summed E-state index contributed by atoms with van der Waals surface area (Å²) in [5, 5.41) is 22.2. The first-order chi connectivity index (χ1) is 16.1. The molecule has 182 valence electrons. The van der Waals surface area contributed by atoms with E-state index in [1.54, 1.807) is 42.5 Å². The molecule has 3 rings (SSSR count). The Kier molecular flexibility index (Phi) is 9.13. The quantitative estimate of drug-likeness (QED) is 0.228. The maximum atomic E-state index is 12.9. The van der Waals surface area contributed by atoms with Crippen molar-refractivity contribution in [2.24, 2.45) is 5.73 Å². The molecule has 0 radical (unpaired) electrons. The number of amidine groups is 1. The van der Waals surface area contributed by atoms with Gasteiger partial charge in [0.25, 0.3) is 11.8 Å². The molecule has 0 aliphatic heterocycles. The van der Waals surface area contributed by atoms with Crippen molar-refractivity contribution in [3.63, 3.8) is 0 Å². The van der Waals surface area contributed by atoms with E-state index in [9.17, 15) is 14.4 Å².